The minimum atomic E-state index is 1.13. The normalized spacial score (nSPS) is 13.1. The minimum absolute atomic E-state index is 1.13. The molecule has 3 nitrogen and oxygen atoms in total. The van der Waals surface area contributed by atoms with E-state index in [1.807, 2.05) is 0 Å². The predicted octanol–water partition coefficient (Wildman–Crippen LogP) is 14.9. The molecular weight excluding hydrogens is 703 g/mol. The average Bonchev–Trinajstić information content (AvgIpc) is 3.82. The molecule has 0 fully saturated rings. The van der Waals surface area contributed by atoms with Crippen LogP contribution in [0, 0.1) is 0 Å². The van der Waals surface area contributed by atoms with Crippen molar-refractivity contribution < 1.29 is 0 Å². The lowest BCUT2D eigenvalue weighted by atomic mass is 9.91. The fourth-order valence-corrected chi connectivity index (χ4v) is 9.46. The summed E-state index contributed by atoms with van der Waals surface area (Å²) in [5, 5.41) is 5.02. The van der Waals surface area contributed by atoms with Gasteiger partial charge in [-0.05, 0) is 114 Å². The monoisotopic (exact) mass is 745 g/mol. The minimum Gasteiger partial charge on any atom is -0.344 e. The molecule has 0 atom stereocenters. The number of para-hydroxylation sites is 5. The summed E-state index contributed by atoms with van der Waals surface area (Å²) in [4.78, 5) is 2.37. The van der Waals surface area contributed by atoms with E-state index < -0.39 is 0 Å². The van der Waals surface area contributed by atoms with Gasteiger partial charge >= 0.3 is 0 Å². The number of anilines is 2. The second kappa shape index (κ2) is 14.1. The van der Waals surface area contributed by atoms with E-state index in [1.54, 1.807) is 0 Å². The quantitative estimate of drug-likeness (QED) is 0.158. The van der Waals surface area contributed by atoms with E-state index in [1.165, 1.54) is 107 Å². The summed E-state index contributed by atoms with van der Waals surface area (Å²) < 4.78 is 4.91. The van der Waals surface area contributed by atoms with E-state index in [0.717, 1.165) is 18.5 Å². The molecule has 0 unspecified atom stereocenters. The lowest BCUT2D eigenvalue weighted by molar-refractivity contribution is 0.742. The average molecular weight is 746 g/mol. The van der Waals surface area contributed by atoms with Crippen molar-refractivity contribution in [3.05, 3.63) is 200 Å². The first kappa shape index (κ1) is 34.2. The third-order valence-electron chi connectivity index (χ3n) is 12.3. The summed E-state index contributed by atoms with van der Waals surface area (Å²) in [7, 11) is 2.21. The van der Waals surface area contributed by atoms with Crippen molar-refractivity contribution in [1.82, 2.24) is 9.13 Å². The Morgan fingerprint density at radius 1 is 0.448 bits per heavy atom. The topological polar surface area (TPSA) is 13.1 Å². The molecule has 278 valence electrons. The van der Waals surface area contributed by atoms with Gasteiger partial charge in [0.2, 0.25) is 0 Å². The standard InChI is InChI=1S/C55H43N3/c1-56(44-36-41(38-17-4-2-5-18-38)35-42(37-44)39-19-6-3-7-20-39)50-26-12-8-21-45(50)40-31-33-43(34-32-40)57-51-27-13-11-24-48(51)49-25-16-30-54(55(49)57)58-52-28-14-9-22-46(52)47-23-10-15-29-53(47)58/h2,4-5,8-19,21-37H,3,6-7,20H2,1H3. The molecule has 0 bridgehead atoms. The van der Waals surface area contributed by atoms with Gasteiger partial charge in [0.05, 0.1) is 27.8 Å². The molecule has 1 aliphatic rings. The molecule has 0 saturated carbocycles. The highest BCUT2D eigenvalue weighted by atomic mass is 15.1. The molecule has 0 aliphatic heterocycles. The molecule has 0 saturated heterocycles. The molecule has 2 aromatic heterocycles. The van der Waals surface area contributed by atoms with Crippen molar-refractivity contribution in [2.24, 2.45) is 0 Å². The Morgan fingerprint density at radius 3 is 1.76 bits per heavy atom. The van der Waals surface area contributed by atoms with Crippen molar-refractivity contribution in [3.8, 4) is 33.6 Å². The first-order valence-corrected chi connectivity index (χ1v) is 20.6. The Hall–Kier alpha value is -7.10. The summed E-state index contributed by atoms with van der Waals surface area (Å²) in [5.74, 6) is 0. The number of fused-ring (bicyclic) bond motifs is 6. The van der Waals surface area contributed by atoms with Crippen LogP contribution in [-0.4, -0.2) is 16.2 Å². The second-order valence-electron chi connectivity index (χ2n) is 15.6. The van der Waals surface area contributed by atoms with Crippen molar-refractivity contribution in [3.63, 3.8) is 0 Å². The SMILES string of the molecule is CN(c1cc(C2=CCCCC2)cc(-c2ccccc2)c1)c1ccccc1-c1ccc(-n2c3ccccc3c3cccc(-n4c5ccccc5c5ccccc54)c32)cc1. The Labute approximate surface area is 339 Å². The van der Waals surface area contributed by atoms with Gasteiger partial charge in [-0.1, -0.05) is 133 Å². The molecule has 0 amide bonds. The van der Waals surface area contributed by atoms with Gasteiger partial charge in [0.25, 0.3) is 0 Å². The maximum atomic E-state index is 2.46. The van der Waals surface area contributed by atoms with Crippen LogP contribution in [0.3, 0.4) is 0 Å². The summed E-state index contributed by atoms with van der Waals surface area (Å²) in [6.45, 7) is 0. The number of hydrogen-bond acceptors (Lipinski definition) is 1. The van der Waals surface area contributed by atoms with E-state index in [9.17, 15) is 0 Å². The number of allylic oxidation sites excluding steroid dienone is 2. The predicted molar refractivity (Wildman–Crippen MR) is 247 cm³/mol. The lowest BCUT2D eigenvalue weighted by Crippen LogP contribution is -2.11. The van der Waals surface area contributed by atoms with Crippen molar-refractivity contribution in [2.75, 3.05) is 11.9 Å². The maximum Gasteiger partial charge on any atom is 0.0782 e. The smallest absolute Gasteiger partial charge is 0.0782 e. The summed E-state index contributed by atoms with van der Waals surface area (Å²) in [6, 6.07) is 69.1. The zero-order valence-corrected chi connectivity index (χ0v) is 32.6. The zero-order chi connectivity index (χ0) is 38.6. The molecule has 1 aliphatic carbocycles. The van der Waals surface area contributed by atoms with Crippen LogP contribution in [0.5, 0.6) is 0 Å². The van der Waals surface area contributed by atoms with E-state index in [4.69, 9.17) is 0 Å². The maximum absolute atomic E-state index is 2.46. The van der Waals surface area contributed by atoms with E-state index in [2.05, 4.69) is 215 Å². The molecule has 0 spiro atoms. The van der Waals surface area contributed by atoms with Crippen LogP contribution in [0.25, 0.3) is 82.8 Å². The number of aromatic nitrogens is 2. The molecular formula is C55H43N3. The summed E-state index contributed by atoms with van der Waals surface area (Å²) in [5.41, 5.74) is 17.2. The number of rotatable bonds is 7. The van der Waals surface area contributed by atoms with Crippen molar-refractivity contribution >= 4 is 60.6 Å². The van der Waals surface area contributed by atoms with Crippen LogP contribution in [0.2, 0.25) is 0 Å². The Kier molecular flexibility index (Phi) is 8.32. The van der Waals surface area contributed by atoms with Gasteiger partial charge in [0.15, 0.2) is 0 Å². The molecule has 11 rings (SSSR count). The van der Waals surface area contributed by atoms with E-state index in [0.29, 0.717) is 0 Å². The fraction of sp³-hybridized carbons (Fsp3) is 0.0909. The van der Waals surface area contributed by atoms with Gasteiger partial charge in [0.1, 0.15) is 0 Å². The van der Waals surface area contributed by atoms with Gasteiger partial charge in [-0.25, -0.2) is 0 Å². The van der Waals surface area contributed by atoms with Crippen LogP contribution in [0.1, 0.15) is 31.2 Å². The molecule has 3 heteroatoms. The van der Waals surface area contributed by atoms with Crippen LogP contribution >= 0.6 is 0 Å². The van der Waals surface area contributed by atoms with Crippen LogP contribution < -0.4 is 4.90 Å². The summed E-state index contributed by atoms with van der Waals surface area (Å²) in [6.07, 6.45) is 7.28. The highest BCUT2D eigenvalue weighted by Crippen LogP contribution is 2.42. The number of benzene rings is 8. The van der Waals surface area contributed by atoms with Crippen molar-refractivity contribution in [2.45, 2.75) is 25.7 Å². The Balaban J connectivity index is 1.04. The fourth-order valence-electron chi connectivity index (χ4n) is 9.46. The Morgan fingerprint density at radius 2 is 1.05 bits per heavy atom. The van der Waals surface area contributed by atoms with Gasteiger partial charge in [0, 0.05) is 51.2 Å². The second-order valence-corrected chi connectivity index (χ2v) is 15.6. The van der Waals surface area contributed by atoms with Gasteiger partial charge in [-0.2, -0.15) is 0 Å². The van der Waals surface area contributed by atoms with Gasteiger partial charge in [-0.3, -0.25) is 0 Å². The van der Waals surface area contributed by atoms with Gasteiger partial charge < -0.3 is 14.0 Å². The molecule has 0 radical (unpaired) electrons. The lowest BCUT2D eigenvalue weighted by Gasteiger charge is -2.25. The van der Waals surface area contributed by atoms with Crippen LogP contribution in [0.4, 0.5) is 11.4 Å². The third kappa shape index (κ3) is 5.65. The third-order valence-corrected chi connectivity index (χ3v) is 12.3. The first-order valence-electron chi connectivity index (χ1n) is 20.6. The van der Waals surface area contributed by atoms with Gasteiger partial charge in [-0.15, -0.1) is 0 Å². The number of hydrogen-bond donors (Lipinski definition) is 0. The van der Waals surface area contributed by atoms with E-state index in [-0.39, 0.29) is 0 Å². The van der Waals surface area contributed by atoms with Crippen molar-refractivity contribution in [1.29, 1.82) is 0 Å². The number of nitrogens with zero attached hydrogens (tertiary/aromatic N) is 3. The van der Waals surface area contributed by atoms with Crippen LogP contribution in [0.15, 0.2) is 194 Å². The molecule has 2 heterocycles. The molecule has 0 N–H and O–H groups in total. The molecule has 10 aromatic rings. The largest absolute Gasteiger partial charge is 0.344 e. The molecule has 8 aromatic carbocycles. The highest BCUT2D eigenvalue weighted by molar-refractivity contribution is 6.15. The summed E-state index contributed by atoms with van der Waals surface area (Å²) >= 11 is 0. The first-order chi connectivity index (χ1) is 28.7. The van der Waals surface area contributed by atoms with Crippen LogP contribution in [-0.2, 0) is 0 Å². The highest BCUT2D eigenvalue weighted by Gasteiger charge is 2.21. The Bertz CT molecular complexity index is 3130. The van der Waals surface area contributed by atoms with E-state index >= 15 is 0 Å². The zero-order valence-electron chi connectivity index (χ0n) is 32.6. The molecule has 58 heavy (non-hydrogen) atoms.